The molecule has 2 fully saturated rings. The lowest BCUT2D eigenvalue weighted by molar-refractivity contribution is -0.143. The lowest BCUT2D eigenvalue weighted by atomic mass is 9.76. The molecule has 3 aromatic carbocycles. The molecule has 3 aromatic rings. The van der Waals surface area contributed by atoms with Crippen LogP contribution in [-0.2, 0) is 32.9 Å². The molecule has 0 bridgehead atoms. The average molecular weight is 546 g/mol. The van der Waals surface area contributed by atoms with Crippen molar-refractivity contribution in [3.05, 3.63) is 81.9 Å². The SMILES string of the molecule is Cc1cc(Cl)c2c(c1)[C@]1(N[C@H](Cc3ccc(O)cc3)[C@H]3C(=O)N(Cc4ccc5c(c4)OCO5)C(=O)[C@@H]31)C(=O)N2. The molecule has 3 amide bonds. The third-order valence-electron chi connectivity index (χ3n) is 8.18. The summed E-state index contributed by atoms with van der Waals surface area (Å²) in [6.45, 7) is 2.04. The number of carbonyl (C=O) groups excluding carboxylic acids is 3. The number of nitrogens with zero attached hydrogens (tertiary/aromatic N) is 1. The number of aromatic hydroxyl groups is 1. The number of ether oxygens (including phenoxy) is 2. The summed E-state index contributed by atoms with van der Waals surface area (Å²) in [7, 11) is 0. The highest BCUT2D eigenvalue weighted by Gasteiger charge is 2.70. The van der Waals surface area contributed by atoms with Crippen LogP contribution in [0.5, 0.6) is 17.2 Å². The smallest absolute Gasteiger partial charge is 0.250 e. The van der Waals surface area contributed by atoms with Gasteiger partial charge in [0.15, 0.2) is 11.5 Å². The Bertz CT molecular complexity index is 1570. The summed E-state index contributed by atoms with van der Waals surface area (Å²) in [5.41, 5.74) is 1.99. The monoisotopic (exact) mass is 545 g/mol. The standard InChI is InChI=1S/C29H24ClN3O6/c1-14-8-18-25(19(30)9-14)31-28(37)29(18)24-23(20(32-29)10-15-2-5-17(34)6-3-15)26(35)33(27(24)36)12-16-4-7-21-22(11-16)39-13-38-21/h2-9,11,20,23-24,32,34H,10,12-13H2,1H3,(H,31,37)/t20-,23-,24-,29-/m1/s1. The number of aryl methyl sites for hydroxylation is 1. The molecule has 3 N–H and O–H groups in total. The summed E-state index contributed by atoms with van der Waals surface area (Å²) in [6.07, 6.45) is 0.377. The van der Waals surface area contributed by atoms with Crippen molar-refractivity contribution in [1.82, 2.24) is 10.2 Å². The van der Waals surface area contributed by atoms with Gasteiger partial charge in [0.05, 0.1) is 29.1 Å². The van der Waals surface area contributed by atoms with Gasteiger partial charge in [-0.15, -0.1) is 0 Å². The second-order valence-corrected chi connectivity index (χ2v) is 10.9. The van der Waals surface area contributed by atoms with E-state index in [2.05, 4.69) is 10.6 Å². The Balaban J connectivity index is 1.31. The van der Waals surface area contributed by atoms with Gasteiger partial charge in [-0.05, 0) is 60.4 Å². The largest absolute Gasteiger partial charge is 0.508 e. The van der Waals surface area contributed by atoms with E-state index in [9.17, 15) is 19.5 Å². The van der Waals surface area contributed by atoms with Crippen LogP contribution in [0.3, 0.4) is 0 Å². The Morgan fingerprint density at radius 3 is 2.54 bits per heavy atom. The number of hydrogen-bond donors (Lipinski definition) is 3. The van der Waals surface area contributed by atoms with Gasteiger partial charge in [0.2, 0.25) is 24.5 Å². The highest BCUT2D eigenvalue weighted by Crippen LogP contribution is 2.55. The van der Waals surface area contributed by atoms with E-state index in [4.69, 9.17) is 21.1 Å². The van der Waals surface area contributed by atoms with Gasteiger partial charge >= 0.3 is 0 Å². The summed E-state index contributed by atoms with van der Waals surface area (Å²) in [5, 5.41) is 16.4. The number of phenolic OH excluding ortho intramolecular Hbond substituents is 1. The predicted octanol–water partition coefficient (Wildman–Crippen LogP) is 3.25. The zero-order chi connectivity index (χ0) is 27.1. The van der Waals surface area contributed by atoms with Crippen molar-refractivity contribution in [2.24, 2.45) is 11.8 Å². The lowest BCUT2D eigenvalue weighted by Gasteiger charge is -2.30. The maximum absolute atomic E-state index is 14.1. The molecule has 0 saturated carbocycles. The molecule has 0 unspecified atom stereocenters. The van der Waals surface area contributed by atoms with Crippen LogP contribution >= 0.6 is 11.6 Å². The van der Waals surface area contributed by atoms with Crippen LogP contribution in [0.25, 0.3) is 0 Å². The summed E-state index contributed by atoms with van der Waals surface area (Å²) >= 11 is 6.52. The number of halogens is 1. The minimum absolute atomic E-state index is 0.0480. The van der Waals surface area contributed by atoms with Crippen molar-refractivity contribution >= 4 is 35.0 Å². The Kier molecular flexibility index (Phi) is 5.20. The normalized spacial score (nSPS) is 26.4. The maximum Gasteiger partial charge on any atom is 0.250 e. The summed E-state index contributed by atoms with van der Waals surface area (Å²) in [6, 6.07) is 15.1. The summed E-state index contributed by atoms with van der Waals surface area (Å²) < 4.78 is 10.9. The number of imide groups is 1. The third-order valence-corrected chi connectivity index (χ3v) is 8.48. The van der Waals surface area contributed by atoms with Gasteiger partial charge in [0.25, 0.3) is 0 Å². The number of fused-ring (bicyclic) bond motifs is 5. The van der Waals surface area contributed by atoms with Gasteiger partial charge in [-0.3, -0.25) is 24.6 Å². The van der Waals surface area contributed by atoms with E-state index in [0.717, 1.165) is 11.1 Å². The second kappa shape index (κ2) is 8.46. The van der Waals surface area contributed by atoms with Gasteiger partial charge in [-0.25, -0.2) is 0 Å². The molecule has 4 aliphatic rings. The Morgan fingerprint density at radius 2 is 1.74 bits per heavy atom. The molecule has 1 spiro atoms. The van der Waals surface area contributed by atoms with Crippen LogP contribution in [0.1, 0.15) is 22.3 Å². The molecule has 4 aliphatic heterocycles. The highest BCUT2D eigenvalue weighted by molar-refractivity contribution is 6.35. The van der Waals surface area contributed by atoms with Gasteiger partial charge in [0.1, 0.15) is 11.3 Å². The minimum atomic E-state index is -1.45. The molecular formula is C29H24ClN3O6. The molecular weight excluding hydrogens is 522 g/mol. The van der Waals surface area contributed by atoms with Crippen molar-refractivity contribution in [3.8, 4) is 17.2 Å². The zero-order valence-electron chi connectivity index (χ0n) is 20.9. The molecule has 9 nitrogen and oxygen atoms in total. The molecule has 10 heteroatoms. The van der Waals surface area contributed by atoms with Crippen molar-refractivity contribution in [2.75, 3.05) is 12.1 Å². The highest BCUT2D eigenvalue weighted by atomic mass is 35.5. The first kappa shape index (κ1) is 24.0. The fourth-order valence-corrected chi connectivity index (χ4v) is 6.81. The molecule has 2 saturated heterocycles. The first-order valence-corrected chi connectivity index (χ1v) is 13.1. The number of anilines is 1. The van der Waals surface area contributed by atoms with Crippen LogP contribution in [0.2, 0.25) is 5.02 Å². The van der Waals surface area contributed by atoms with Gasteiger partial charge in [0, 0.05) is 11.6 Å². The molecule has 39 heavy (non-hydrogen) atoms. The number of hydrogen-bond acceptors (Lipinski definition) is 7. The van der Waals surface area contributed by atoms with Crippen LogP contribution in [0.4, 0.5) is 5.69 Å². The van der Waals surface area contributed by atoms with Gasteiger partial charge in [-0.2, -0.15) is 0 Å². The zero-order valence-corrected chi connectivity index (χ0v) is 21.6. The summed E-state index contributed by atoms with van der Waals surface area (Å²) in [5.74, 6) is -1.60. The van der Waals surface area contributed by atoms with Crippen molar-refractivity contribution < 1.29 is 29.0 Å². The van der Waals surface area contributed by atoms with E-state index >= 15 is 0 Å². The van der Waals surface area contributed by atoms with E-state index < -0.39 is 35.2 Å². The van der Waals surface area contributed by atoms with E-state index in [1.807, 2.05) is 13.0 Å². The van der Waals surface area contributed by atoms with Crippen molar-refractivity contribution in [2.45, 2.75) is 31.5 Å². The van der Waals surface area contributed by atoms with E-state index in [1.54, 1.807) is 48.5 Å². The third kappa shape index (κ3) is 3.46. The van der Waals surface area contributed by atoms with Crippen LogP contribution in [0, 0.1) is 18.8 Å². The number of nitrogens with one attached hydrogen (secondary N) is 2. The first-order chi connectivity index (χ1) is 18.8. The Labute approximate surface area is 228 Å². The fraction of sp³-hybridized carbons (Fsp3) is 0.276. The van der Waals surface area contributed by atoms with Gasteiger partial charge < -0.3 is 19.9 Å². The Hall–Kier alpha value is -4.08. The maximum atomic E-state index is 14.1. The van der Waals surface area contributed by atoms with E-state index in [-0.39, 0.29) is 25.0 Å². The lowest BCUT2D eigenvalue weighted by Crippen LogP contribution is -2.53. The van der Waals surface area contributed by atoms with Crippen LogP contribution in [0.15, 0.2) is 54.6 Å². The number of amides is 3. The second-order valence-electron chi connectivity index (χ2n) is 10.5. The topological polar surface area (TPSA) is 117 Å². The quantitative estimate of drug-likeness (QED) is 0.431. The predicted molar refractivity (Wildman–Crippen MR) is 140 cm³/mol. The molecule has 4 atom stereocenters. The van der Waals surface area contributed by atoms with Crippen LogP contribution < -0.4 is 20.1 Å². The summed E-state index contributed by atoms with van der Waals surface area (Å²) in [4.78, 5) is 43.1. The molecule has 4 heterocycles. The number of likely N-dealkylation sites (tertiary alicyclic amines) is 1. The average Bonchev–Trinajstić information content (AvgIpc) is 3.63. The first-order valence-electron chi connectivity index (χ1n) is 12.7. The van der Waals surface area contributed by atoms with E-state index in [0.29, 0.717) is 39.8 Å². The van der Waals surface area contributed by atoms with E-state index in [1.165, 1.54) is 4.90 Å². The number of benzene rings is 3. The van der Waals surface area contributed by atoms with Crippen LogP contribution in [-0.4, -0.2) is 40.6 Å². The molecule has 0 radical (unpaired) electrons. The fourth-order valence-electron chi connectivity index (χ4n) is 6.49. The Morgan fingerprint density at radius 1 is 1.00 bits per heavy atom. The van der Waals surface area contributed by atoms with Crippen molar-refractivity contribution in [3.63, 3.8) is 0 Å². The number of rotatable bonds is 4. The number of phenols is 1. The number of carbonyl (C=O) groups is 3. The molecule has 198 valence electrons. The molecule has 7 rings (SSSR count). The molecule has 0 aliphatic carbocycles. The van der Waals surface area contributed by atoms with Gasteiger partial charge in [-0.1, -0.05) is 35.9 Å². The van der Waals surface area contributed by atoms with Crippen molar-refractivity contribution in [1.29, 1.82) is 0 Å². The minimum Gasteiger partial charge on any atom is -0.508 e. The molecule has 0 aromatic heterocycles.